The summed E-state index contributed by atoms with van der Waals surface area (Å²) in [6, 6.07) is 2.02. The average molecular weight is 212 g/mol. The molecule has 0 aliphatic heterocycles. The molecule has 86 valence electrons. The lowest BCUT2D eigenvalue weighted by Gasteiger charge is -2.06. The smallest absolute Gasteiger partial charge is 0.0587 e. The first-order valence-corrected chi connectivity index (χ1v) is 5.22. The molecule has 1 aromatic rings. The van der Waals surface area contributed by atoms with Gasteiger partial charge in [0.25, 0.3) is 0 Å². The van der Waals surface area contributed by atoms with Crippen LogP contribution in [0, 0.1) is 0 Å². The van der Waals surface area contributed by atoms with Crippen LogP contribution in [0.4, 0.5) is 0 Å². The first-order valence-electron chi connectivity index (χ1n) is 5.22. The van der Waals surface area contributed by atoms with E-state index in [1.807, 2.05) is 24.0 Å². The van der Waals surface area contributed by atoms with Crippen molar-refractivity contribution in [3.63, 3.8) is 0 Å². The molecule has 2 N–H and O–H groups in total. The van der Waals surface area contributed by atoms with Gasteiger partial charge in [0.15, 0.2) is 0 Å². The molecule has 0 radical (unpaired) electrons. The predicted molar refractivity (Wildman–Crippen MR) is 59.7 cm³/mol. The quantitative estimate of drug-likeness (QED) is 0.583. The molecule has 1 rings (SSSR count). The summed E-state index contributed by atoms with van der Waals surface area (Å²) in [4.78, 5) is 0. The van der Waals surface area contributed by atoms with Gasteiger partial charge in [-0.2, -0.15) is 5.10 Å². The minimum absolute atomic E-state index is 0.766. The Morgan fingerprint density at radius 2 is 2.13 bits per heavy atom. The minimum Gasteiger partial charge on any atom is -0.383 e. The fourth-order valence-electron chi connectivity index (χ4n) is 1.27. The van der Waals surface area contributed by atoms with Crippen LogP contribution in [-0.4, -0.2) is 43.1 Å². The Morgan fingerprint density at radius 1 is 1.33 bits per heavy atom. The zero-order valence-electron chi connectivity index (χ0n) is 9.49. The highest BCUT2D eigenvalue weighted by atomic mass is 16.5. The highest BCUT2D eigenvalue weighted by molar-refractivity contribution is 4.98. The maximum Gasteiger partial charge on any atom is 0.0587 e. The molecule has 0 amide bonds. The van der Waals surface area contributed by atoms with E-state index in [9.17, 15) is 0 Å². The van der Waals surface area contributed by atoms with Gasteiger partial charge in [0, 0.05) is 46.5 Å². The van der Waals surface area contributed by atoms with Crippen molar-refractivity contribution in [2.24, 2.45) is 7.05 Å². The zero-order chi connectivity index (χ0) is 10.9. The van der Waals surface area contributed by atoms with Gasteiger partial charge in [-0.25, -0.2) is 0 Å². The Morgan fingerprint density at radius 3 is 2.80 bits per heavy atom. The summed E-state index contributed by atoms with van der Waals surface area (Å²) < 4.78 is 6.81. The van der Waals surface area contributed by atoms with Crippen molar-refractivity contribution in [1.82, 2.24) is 20.4 Å². The third-order valence-electron chi connectivity index (χ3n) is 2.19. The zero-order valence-corrected chi connectivity index (χ0v) is 9.49. The number of methoxy groups -OCH3 is 1. The number of aromatic nitrogens is 2. The fraction of sp³-hybridized carbons (Fsp3) is 0.700. The third-order valence-corrected chi connectivity index (χ3v) is 2.19. The Hall–Kier alpha value is -0.910. The molecular formula is C10H20N4O. The molecule has 1 heterocycles. The van der Waals surface area contributed by atoms with Crippen molar-refractivity contribution < 1.29 is 4.74 Å². The van der Waals surface area contributed by atoms with Crippen LogP contribution in [0.15, 0.2) is 12.3 Å². The molecule has 0 fully saturated rings. The summed E-state index contributed by atoms with van der Waals surface area (Å²) in [6.45, 7) is 4.45. The second-order valence-electron chi connectivity index (χ2n) is 3.37. The molecule has 0 aliphatic rings. The van der Waals surface area contributed by atoms with E-state index in [4.69, 9.17) is 4.74 Å². The standard InChI is InChI=1S/C10H20N4O/c1-14-10(3-4-13-14)9-12-6-5-11-7-8-15-2/h3-4,11-12H,5-9H2,1-2H3. The molecule has 15 heavy (non-hydrogen) atoms. The molecule has 0 bridgehead atoms. The van der Waals surface area contributed by atoms with Gasteiger partial charge in [-0.15, -0.1) is 0 Å². The van der Waals surface area contributed by atoms with E-state index in [0.29, 0.717) is 0 Å². The summed E-state index contributed by atoms with van der Waals surface area (Å²) in [5.41, 5.74) is 1.20. The van der Waals surface area contributed by atoms with Gasteiger partial charge in [0.2, 0.25) is 0 Å². The van der Waals surface area contributed by atoms with Crippen LogP contribution in [0.1, 0.15) is 5.69 Å². The van der Waals surface area contributed by atoms with Crippen LogP contribution in [0.25, 0.3) is 0 Å². The molecule has 0 unspecified atom stereocenters. The van der Waals surface area contributed by atoms with Crippen LogP contribution in [0.5, 0.6) is 0 Å². The molecule has 5 nitrogen and oxygen atoms in total. The second-order valence-corrected chi connectivity index (χ2v) is 3.37. The minimum atomic E-state index is 0.766. The van der Waals surface area contributed by atoms with Crippen LogP contribution in [0.2, 0.25) is 0 Å². The van der Waals surface area contributed by atoms with E-state index in [0.717, 1.165) is 32.8 Å². The van der Waals surface area contributed by atoms with Crippen molar-refractivity contribution in [2.45, 2.75) is 6.54 Å². The van der Waals surface area contributed by atoms with Crippen molar-refractivity contribution in [3.05, 3.63) is 18.0 Å². The topological polar surface area (TPSA) is 51.1 Å². The number of ether oxygens (including phenoxy) is 1. The van der Waals surface area contributed by atoms with Crippen LogP contribution >= 0.6 is 0 Å². The Kier molecular flexibility index (Phi) is 5.99. The van der Waals surface area contributed by atoms with Crippen molar-refractivity contribution >= 4 is 0 Å². The van der Waals surface area contributed by atoms with Gasteiger partial charge in [-0.05, 0) is 6.07 Å². The Bertz CT molecular complexity index is 262. The normalized spacial score (nSPS) is 10.8. The number of aryl methyl sites for hydroxylation is 1. The molecular weight excluding hydrogens is 192 g/mol. The number of hydrogen-bond acceptors (Lipinski definition) is 4. The van der Waals surface area contributed by atoms with Crippen molar-refractivity contribution in [1.29, 1.82) is 0 Å². The fourth-order valence-corrected chi connectivity index (χ4v) is 1.27. The Labute approximate surface area is 90.8 Å². The first-order chi connectivity index (χ1) is 7.34. The maximum atomic E-state index is 4.93. The van der Waals surface area contributed by atoms with Crippen LogP contribution in [-0.2, 0) is 18.3 Å². The number of nitrogens with zero attached hydrogens (tertiary/aromatic N) is 2. The maximum absolute atomic E-state index is 4.93. The molecule has 0 aliphatic carbocycles. The second kappa shape index (κ2) is 7.39. The summed E-state index contributed by atoms with van der Waals surface area (Å²) >= 11 is 0. The third kappa shape index (κ3) is 4.92. The SMILES string of the molecule is COCCNCCNCc1ccnn1C. The average Bonchev–Trinajstić information content (AvgIpc) is 2.63. The molecule has 0 saturated carbocycles. The monoisotopic (exact) mass is 212 g/mol. The van der Waals surface area contributed by atoms with E-state index in [2.05, 4.69) is 15.7 Å². The van der Waals surface area contributed by atoms with Gasteiger partial charge in [0.1, 0.15) is 0 Å². The molecule has 1 aromatic heterocycles. The van der Waals surface area contributed by atoms with Gasteiger partial charge >= 0.3 is 0 Å². The molecule has 5 heteroatoms. The molecule has 0 saturated heterocycles. The highest BCUT2D eigenvalue weighted by Crippen LogP contribution is 1.93. The number of rotatable bonds is 8. The van der Waals surface area contributed by atoms with E-state index in [1.54, 1.807) is 7.11 Å². The highest BCUT2D eigenvalue weighted by Gasteiger charge is 1.96. The van der Waals surface area contributed by atoms with Gasteiger partial charge < -0.3 is 15.4 Å². The van der Waals surface area contributed by atoms with E-state index >= 15 is 0 Å². The summed E-state index contributed by atoms with van der Waals surface area (Å²) in [5, 5.41) is 10.7. The van der Waals surface area contributed by atoms with Crippen LogP contribution in [0.3, 0.4) is 0 Å². The lowest BCUT2D eigenvalue weighted by Crippen LogP contribution is -2.29. The largest absolute Gasteiger partial charge is 0.383 e. The van der Waals surface area contributed by atoms with Gasteiger partial charge in [-0.1, -0.05) is 0 Å². The van der Waals surface area contributed by atoms with Crippen LogP contribution < -0.4 is 10.6 Å². The Balaban J connectivity index is 1.96. The predicted octanol–water partition coefficient (Wildman–Crippen LogP) is -0.254. The van der Waals surface area contributed by atoms with E-state index in [1.165, 1.54) is 5.69 Å². The summed E-state index contributed by atoms with van der Waals surface area (Å²) in [5.74, 6) is 0. The lowest BCUT2D eigenvalue weighted by atomic mass is 10.4. The van der Waals surface area contributed by atoms with Gasteiger partial charge in [0.05, 0.1) is 12.3 Å². The number of nitrogens with one attached hydrogen (secondary N) is 2. The molecule has 0 spiro atoms. The summed E-state index contributed by atoms with van der Waals surface area (Å²) in [6.07, 6.45) is 1.81. The van der Waals surface area contributed by atoms with Gasteiger partial charge in [-0.3, -0.25) is 4.68 Å². The van der Waals surface area contributed by atoms with E-state index < -0.39 is 0 Å². The number of hydrogen-bond donors (Lipinski definition) is 2. The van der Waals surface area contributed by atoms with Crippen molar-refractivity contribution in [2.75, 3.05) is 33.4 Å². The lowest BCUT2D eigenvalue weighted by molar-refractivity contribution is 0.199. The van der Waals surface area contributed by atoms with Crippen molar-refractivity contribution in [3.8, 4) is 0 Å². The summed E-state index contributed by atoms with van der Waals surface area (Å²) in [7, 11) is 3.66. The molecule has 0 atom stereocenters. The first kappa shape index (κ1) is 12.2. The molecule has 0 aromatic carbocycles. The van der Waals surface area contributed by atoms with E-state index in [-0.39, 0.29) is 0 Å².